The van der Waals surface area contributed by atoms with Gasteiger partial charge in [-0.2, -0.15) is 0 Å². The molecule has 1 atom stereocenters. The van der Waals surface area contributed by atoms with Crippen LogP contribution in [-0.2, 0) is 11.2 Å². The number of rotatable bonds is 9. The van der Waals surface area contributed by atoms with E-state index in [1.165, 1.54) is 25.0 Å². The lowest BCUT2D eigenvalue weighted by Crippen LogP contribution is -2.52. The molecule has 0 saturated heterocycles. The van der Waals surface area contributed by atoms with Crippen molar-refractivity contribution >= 4 is 0 Å². The Bertz CT molecular complexity index is 433. The summed E-state index contributed by atoms with van der Waals surface area (Å²) in [5.74, 6) is 0.602. The number of nitrogens with two attached hydrogens (primary N) is 1. The maximum absolute atomic E-state index is 13.0. The van der Waals surface area contributed by atoms with E-state index >= 15 is 0 Å². The molecule has 0 aliphatic heterocycles. The van der Waals surface area contributed by atoms with Crippen molar-refractivity contribution in [2.75, 3.05) is 33.4 Å². The molecule has 1 aliphatic carbocycles. The summed E-state index contributed by atoms with van der Waals surface area (Å²) in [4.78, 5) is 2.25. The van der Waals surface area contributed by atoms with Crippen LogP contribution in [0, 0.1) is 11.7 Å². The zero-order valence-corrected chi connectivity index (χ0v) is 13.1. The van der Waals surface area contributed by atoms with E-state index in [4.69, 9.17) is 10.5 Å². The molecule has 0 heterocycles. The minimum absolute atomic E-state index is 0.138. The summed E-state index contributed by atoms with van der Waals surface area (Å²) in [5.41, 5.74) is 6.96. The first-order valence-corrected chi connectivity index (χ1v) is 7.77. The SMILES string of the molecule is CN(CCOCC1CC1)C(C)(CN)Cc1ccc(F)cc1. The van der Waals surface area contributed by atoms with Crippen LogP contribution in [0.25, 0.3) is 0 Å². The van der Waals surface area contributed by atoms with Crippen LogP contribution in [-0.4, -0.2) is 43.8 Å². The smallest absolute Gasteiger partial charge is 0.123 e. The zero-order chi connectivity index (χ0) is 15.3. The van der Waals surface area contributed by atoms with Crippen LogP contribution in [0.3, 0.4) is 0 Å². The molecule has 0 radical (unpaired) electrons. The Hall–Kier alpha value is -0.970. The first-order chi connectivity index (χ1) is 10.0. The fourth-order valence-electron chi connectivity index (χ4n) is 2.41. The first kappa shape index (κ1) is 16.4. The predicted molar refractivity (Wildman–Crippen MR) is 83.7 cm³/mol. The Morgan fingerprint density at radius 1 is 1.33 bits per heavy atom. The Morgan fingerprint density at radius 3 is 2.57 bits per heavy atom. The van der Waals surface area contributed by atoms with E-state index in [1.54, 1.807) is 0 Å². The van der Waals surface area contributed by atoms with Crippen LogP contribution < -0.4 is 5.73 Å². The van der Waals surface area contributed by atoms with E-state index in [0.29, 0.717) is 6.54 Å². The Balaban J connectivity index is 1.83. The molecule has 21 heavy (non-hydrogen) atoms. The minimum atomic E-state index is -0.199. The van der Waals surface area contributed by atoms with Crippen molar-refractivity contribution in [3.63, 3.8) is 0 Å². The average Bonchev–Trinajstić information content (AvgIpc) is 3.30. The minimum Gasteiger partial charge on any atom is -0.380 e. The quantitative estimate of drug-likeness (QED) is 0.711. The Labute approximate surface area is 127 Å². The fraction of sp³-hybridized carbons (Fsp3) is 0.647. The molecule has 2 rings (SSSR count). The first-order valence-electron chi connectivity index (χ1n) is 7.77. The molecule has 1 aliphatic rings. The highest BCUT2D eigenvalue weighted by atomic mass is 19.1. The second-order valence-corrected chi connectivity index (χ2v) is 6.44. The summed E-state index contributed by atoms with van der Waals surface area (Å²) in [5, 5.41) is 0. The van der Waals surface area contributed by atoms with Crippen molar-refractivity contribution in [1.29, 1.82) is 0 Å². The van der Waals surface area contributed by atoms with Crippen molar-refractivity contribution in [3.05, 3.63) is 35.6 Å². The number of halogens is 1. The summed E-state index contributed by atoms with van der Waals surface area (Å²) in [7, 11) is 2.08. The van der Waals surface area contributed by atoms with Crippen molar-refractivity contribution in [2.24, 2.45) is 11.7 Å². The van der Waals surface area contributed by atoms with Gasteiger partial charge in [0.1, 0.15) is 5.82 Å². The van der Waals surface area contributed by atoms with E-state index in [9.17, 15) is 4.39 Å². The molecule has 0 bridgehead atoms. The summed E-state index contributed by atoms with van der Waals surface area (Å²) in [6, 6.07) is 6.68. The number of hydrogen-bond donors (Lipinski definition) is 1. The topological polar surface area (TPSA) is 38.5 Å². The summed E-state index contributed by atoms with van der Waals surface area (Å²) >= 11 is 0. The van der Waals surface area contributed by atoms with E-state index in [0.717, 1.165) is 37.7 Å². The molecule has 118 valence electrons. The van der Waals surface area contributed by atoms with Crippen LogP contribution in [0.5, 0.6) is 0 Å². The molecule has 3 nitrogen and oxygen atoms in total. The van der Waals surface area contributed by atoms with Gasteiger partial charge in [-0.3, -0.25) is 4.90 Å². The van der Waals surface area contributed by atoms with Crippen molar-refractivity contribution < 1.29 is 9.13 Å². The second-order valence-electron chi connectivity index (χ2n) is 6.44. The number of ether oxygens (including phenoxy) is 1. The maximum Gasteiger partial charge on any atom is 0.123 e. The van der Waals surface area contributed by atoms with Gasteiger partial charge in [-0.05, 0) is 56.8 Å². The zero-order valence-electron chi connectivity index (χ0n) is 13.1. The molecule has 0 amide bonds. The van der Waals surface area contributed by atoms with Gasteiger partial charge in [0.15, 0.2) is 0 Å². The van der Waals surface area contributed by atoms with Gasteiger partial charge >= 0.3 is 0 Å². The normalized spacial score (nSPS) is 18.0. The third-order valence-electron chi connectivity index (χ3n) is 4.48. The van der Waals surface area contributed by atoms with Gasteiger partial charge in [0.25, 0.3) is 0 Å². The number of likely N-dealkylation sites (N-methyl/N-ethyl adjacent to an activating group) is 1. The standard InChI is InChI=1S/C17H27FN2O/c1-17(13-19,11-14-5-7-16(18)8-6-14)20(2)9-10-21-12-15-3-4-15/h5-8,15H,3-4,9-13,19H2,1-2H3. The van der Waals surface area contributed by atoms with Gasteiger partial charge in [-0.1, -0.05) is 12.1 Å². The Morgan fingerprint density at radius 2 is 2.00 bits per heavy atom. The van der Waals surface area contributed by atoms with Gasteiger partial charge in [-0.25, -0.2) is 4.39 Å². The van der Waals surface area contributed by atoms with Gasteiger partial charge in [-0.15, -0.1) is 0 Å². The largest absolute Gasteiger partial charge is 0.380 e. The van der Waals surface area contributed by atoms with E-state index < -0.39 is 0 Å². The molecule has 1 fully saturated rings. The highest BCUT2D eigenvalue weighted by molar-refractivity contribution is 5.19. The van der Waals surface area contributed by atoms with Crippen LogP contribution in [0.15, 0.2) is 24.3 Å². The van der Waals surface area contributed by atoms with Gasteiger partial charge in [0, 0.05) is 25.2 Å². The molecular formula is C17H27FN2O. The van der Waals surface area contributed by atoms with Crippen molar-refractivity contribution in [3.8, 4) is 0 Å². The maximum atomic E-state index is 13.0. The van der Waals surface area contributed by atoms with Crippen LogP contribution in [0.2, 0.25) is 0 Å². The third-order valence-corrected chi connectivity index (χ3v) is 4.48. The van der Waals surface area contributed by atoms with E-state index in [-0.39, 0.29) is 11.4 Å². The Kier molecular flexibility index (Phi) is 5.73. The van der Waals surface area contributed by atoms with Gasteiger partial charge < -0.3 is 10.5 Å². The molecule has 1 unspecified atom stereocenters. The lowest BCUT2D eigenvalue weighted by molar-refractivity contribution is 0.0659. The molecule has 2 N–H and O–H groups in total. The fourth-order valence-corrected chi connectivity index (χ4v) is 2.41. The molecule has 4 heteroatoms. The molecule has 1 aromatic carbocycles. The monoisotopic (exact) mass is 294 g/mol. The second kappa shape index (κ2) is 7.34. The number of benzene rings is 1. The molecule has 0 aromatic heterocycles. The lowest BCUT2D eigenvalue weighted by atomic mass is 9.91. The van der Waals surface area contributed by atoms with E-state index in [2.05, 4.69) is 18.9 Å². The predicted octanol–water partition coefficient (Wildman–Crippen LogP) is 2.44. The third kappa shape index (κ3) is 5.06. The van der Waals surface area contributed by atoms with Crippen molar-refractivity contribution in [1.82, 2.24) is 4.90 Å². The van der Waals surface area contributed by atoms with Crippen molar-refractivity contribution in [2.45, 2.75) is 31.7 Å². The molecule has 1 aromatic rings. The summed E-state index contributed by atoms with van der Waals surface area (Å²) in [6.45, 7) is 5.21. The highest BCUT2D eigenvalue weighted by Crippen LogP contribution is 2.28. The van der Waals surface area contributed by atoms with Crippen LogP contribution >= 0.6 is 0 Å². The number of hydrogen-bond acceptors (Lipinski definition) is 3. The van der Waals surface area contributed by atoms with Crippen LogP contribution in [0.4, 0.5) is 4.39 Å². The molecule has 1 saturated carbocycles. The van der Waals surface area contributed by atoms with Gasteiger partial charge in [0.05, 0.1) is 6.61 Å². The molecule has 0 spiro atoms. The summed E-state index contributed by atoms with van der Waals surface area (Å²) in [6.07, 6.45) is 3.45. The number of nitrogens with zero attached hydrogens (tertiary/aromatic N) is 1. The average molecular weight is 294 g/mol. The highest BCUT2D eigenvalue weighted by Gasteiger charge is 2.28. The van der Waals surface area contributed by atoms with Crippen LogP contribution in [0.1, 0.15) is 25.3 Å². The molecular weight excluding hydrogens is 267 g/mol. The van der Waals surface area contributed by atoms with Gasteiger partial charge in [0.2, 0.25) is 0 Å². The lowest BCUT2D eigenvalue weighted by Gasteiger charge is -2.38. The van der Waals surface area contributed by atoms with E-state index in [1.807, 2.05) is 12.1 Å². The summed E-state index contributed by atoms with van der Waals surface area (Å²) < 4.78 is 18.7.